The molecule has 0 heterocycles. The Balaban J connectivity index is 2.87. The van der Waals surface area contributed by atoms with Crippen molar-refractivity contribution in [2.45, 2.75) is 19.4 Å². The molecule has 98 valence electrons. The molecule has 0 aromatic heterocycles. The number of carbonyl (C=O) groups is 2. The number of benzene rings is 1. The van der Waals surface area contributed by atoms with E-state index in [0.29, 0.717) is 16.1 Å². The summed E-state index contributed by atoms with van der Waals surface area (Å²) in [6, 6.07) is 3.72. The first-order valence-corrected chi connectivity index (χ1v) is 5.74. The Morgan fingerprint density at radius 1 is 1.44 bits per heavy atom. The van der Waals surface area contributed by atoms with Crippen LogP contribution in [0.1, 0.15) is 22.3 Å². The number of rotatable bonds is 5. The Morgan fingerprint density at radius 3 is 2.67 bits per heavy atom. The fourth-order valence-electron chi connectivity index (χ4n) is 1.48. The number of hydrogen-bond acceptors (Lipinski definition) is 3. The number of aliphatic hydroxyl groups is 1. The Morgan fingerprint density at radius 2 is 2.11 bits per heavy atom. The smallest absolute Gasteiger partial charge is 0.326 e. The van der Waals surface area contributed by atoms with Gasteiger partial charge in [0.05, 0.1) is 0 Å². The van der Waals surface area contributed by atoms with E-state index >= 15 is 0 Å². The number of halogens is 1. The minimum Gasteiger partial charge on any atom is -0.480 e. The van der Waals surface area contributed by atoms with Crippen LogP contribution in [0.2, 0.25) is 5.02 Å². The Labute approximate surface area is 109 Å². The van der Waals surface area contributed by atoms with E-state index in [2.05, 4.69) is 5.32 Å². The van der Waals surface area contributed by atoms with Crippen molar-refractivity contribution in [3.63, 3.8) is 0 Å². The molecular weight excluding hydrogens is 258 g/mol. The second-order valence-electron chi connectivity index (χ2n) is 3.79. The number of aliphatic carboxylic acids is 1. The zero-order chi connectivity index (χ0) is 13.7. The summed E-state index contributed by atoms with van der Waals surface area (Å²) in [6.45, 7) is 1.37. The summed E-state index contributed by atoms with van der Waals surface area (Å²) in [5.41, 5.74) is 0.913. The van der Waals surface area contributed by atoms with Gasteiger partial charge < -0.3 is 15.5 Å². The molecule has 1 amide bonds. The van der Waals surface area contributed by atoms with Crippen molar-refractivity contribution in [3.05, 3.63) is 34.3 Å². The van der Waals surface area contributed by atoms with Crippen molar-refractivity contribution in [2.75, 3.05) is 6.61 Å². The first-order chi connectivity index (χ1) is 8.47. The topological polar surface area (TPSA) is 86.6 Å². The summed E-state index contributed by atoms with van der Waals surface area (Å²) in [7, 11) is 0. The van der Waals surface area contributed by atoms with Gasteiger partial charge >= 0.3 is 5.97 Å². The third-order valence-corrected chi connectivity index (χ3v) is 2.94. The molecule has 0 radical (unpaired) electrons. The number of nitrogens with one attached hydrogen (secondary N) is 1. The van der Waals surface area contributed by atoms with Crippen molar-refractivity contribution in [1.82, 2.24) is 5.32 Å². The maximum atomic E-state index is 11.9. The van der Waals surface area contributed by atoms with Crippen molar-refractivity contribution in [2.24, 2.45) is 0 Å². The molecule has 6 heteroatoms. The quantitative estimate of drug-likeness (QED) is 0.751. The highest BCUT2D eigenvalue weighted by atomic mass is 35.5. The summed E-state index contributed by atoms with van der Waals surface area (Å²) in [6.07, 6.45) is -0.0410. The lowest BCUT2D eigenvalue weighted by atomic mass is 10.1. The molecule has 0 aliphatic rings. The highest BCUT2D eigenvalue weighted by molar-refractivity contribution is 6.31. The number of aliphatic hydroxyl groups excluding tert-OH is 1. The number of carboxylic acid groups (broad SMARTS) is 1. The van der Waals surface area contributed by atoms with Gasteiger partial charge in [0, 0.05) is 23.6 Å². The monoisotopic (exact) mass is 271 g/mol. The second-order valence-corrected chi connectivity index (χ2v) is 4.20. The van der Waals surface area contributed by atoms with Crippen LogP contribution in [0, 0.1) is 6.92 Å². The van der Waals surface area contributed by atoms with Crippen LogP contribution in [-0.2, 0) is 4.79 Å². The summed E-state index contributed by atoms with van der Waals surface area (Å²) in [5, 5.41) is 20.4. The summed E-state index contributed by atoms with van der Waals surface area (Å²) >= 11 is 5.88. The van der Waals surface area contributed by atoms with Crippen LogP contribution in [0.15, 0.2) is 18.2 Å². The molecule has 0 fully saturated rings. The minimum absolute atomic E-state index is 0.0410. The fourth-order valence-corrected chi connectivity index (χ4v) is 1.65. The van der Waals surface area contributed by atoms with E-state index in [4.69, 9.17) is 21.8 Å². The third kappa shape index (κ3) is 3.45. The maximum absolute atomic E-state index is 11.9. The number of carboxylic acids is 1. The van der Waals surface area contributed by atoms with Crippen LogP contribution in [0.3, 0.4) is 0 Å². The van der Waals surface area contributed by atoms with Gasteiger partial charge in [-0.05, 0) is 24.6 Å². The Bertz CT molecular complexity index is 461. The lowest BCUT2D eigenvalue weighted by Gasteiger charge is -2.14. The van der Waals surface area contributed by atoms with E-state index in [0.717, 1.165) is 0 Å². The highest BCUT2D eigenvalue weighted by Gasteiger charge is 2.21. The SMILES string of the molecule is Cc1c(Cl)cccc1C(=O)N[C@H](CCO)C(=O)O. The van der Waals surface area contributed by atoms with Crippen molar-refractivity contribution in [3.8, 4) is 0 Å². The van der Waals surface area contributed by atoms with Gasteiger partial charge in [0.2, 0.25) is 0 Å². The van der Waals surface area contributed by atoms with Gasteiger partial charge in [-0.3, -0.25) is 4.79 Å². The van der Waals surface area contributed by atoms with Gasteiger partial charge in [-0.2, -0.15) is 0 Å². The van der Waals surface area contributed by atoms with Crippen LogP contribution in [0.5, 0.6) is 0 Å². The number of carbonyl (C=O) groups excluding carboxylic acids is 1. The molecule has 3 N–H and O–H groups in total. The normalized spacial score (nSPS) is 11.9. The van der Waals surface area contributed by atoms with Crippen LogP contribution in [-0.4, -0.2) is 34.7 Å². The molecule has 5 nitrogen and oxygen atoms in total. The van der Waals surface area contributed by atoms with Crippen LogP contribution >= 0.6 is 11.6 Å². The molecule has 0 saturated carbocycles. The van der Waals surface area contributed by atoms with Gasteiger partial charge in [-0.1, -0.05) is 17.7 Å². The number of hydrogen-bond donors (Lipinski definition) is 3. The summed E-state index contributed by atoms with van der Waals surface area (Å²) in [5.74, 6) is -1.70. The van der Waals surface area contributed by atoms with E-state index in [1.165, 1.54) is 0 Å². The molecule has 0 aliphatic heterocycles. The summed E-state index contributed by atoms with van der Waals surface area (Å²) < 4.78 is 0. The molecule has 0 saturated heterocycles. The molecule has 0 bridgehead atoms. The second kappa shape index (κ2) is 6.37. The molecule has 1 rings (SSSR count). The van der Waals surface area contributed by atoms with Crippen LogP contribution in [0.4, 0.5) is 0 Å². The van der Waals surface area contributed by atoms with Gasteiger partial charge in [-0.15, -0.1) is 0 Å². The van der Waals surface area contributed by atoms with E-state index < -0.39 is 17.9 Å². The predicted octanol–water partition coefficient (Wildman–Crippen LogP) is 1.21. The van der Waals surface area contributed by atoms with E-state index in [9.17, 15) is 9.59 Å². The lowest BCUT2D eigenvalue weighted by molar-refractivity contribution is -0.139. The Kier molecular flexibility index (Phi) is 5.12. The van der Waals surface area contributed by atoms with Gasteiger partial charge in [0.15, 0.2) is 0 Å². The standard InChI is InChI=1S/C12H14ClNO4/c1-7-8(3-2-4-9(7)13)11(16)14-10(5-6-15)12(17)18/h2-4,10,15H,5-6H2,1H3,(H,14,16)(H,17,18)/t10-/m1/s1. The van der Waals surface area contributed by atoms with Gasteiger partial charge in [-0.25, -0.2) is 4.79 Å². The van der Waals surface area contributed by atoms with Crippen molar-refractivity contribution >= 4 is 23.5 Å². The molecule has 0 spiro atoms. The maximum Gasteiger partial charge on any atom is 0.326 e. The van der Waals surface area contributed by atoms with Crippen molar-refractivity contribution < 1.29 is 19.8 Å². The zero-order valence-corrected chi connectivity index (χ0v) is 10.6. The molecular formula is C12H14ClNO4. The molecule has 0 unspecified atom stereocenters. The molecule has 0 aliphatic carbocycles. The van der Waals surface area contributed by atoms with Gasteiger partial charge in [0.25, 0.3) is 5.91 Å². The highest BCUT2D eigenvalue weighted by Crippen LogP contribution is 2.18. The average Bonchev–Trinajstić information content (AvgIpc) is 2.31. The summed E-state index contributed by atoms with van der Waals surface area (Å²) in [4.78, 5) is 22.7. The lowest BCUT2D eigenvalue weighted by Crippen LogP contribution is -2.41. The van der Waals surface area contributed by atoms with E-state index in [-0.39, 0.29) is 13.0 Å². The van der Waals surface area contributed by atoms with Crippen molar-refractivity contribution in [1.29, 1.82) is 0 Å². The Hall–Kier alpha value is -1.59. The molecule has 1 aromatic rings. The predicted molar refractivity (Wildman–Crippen MR) is 66.8 cm³/mol. The molecule has 1 aromatic carbocycles. The van der Waals surface area contributed by atoms with Gasteiger partial charge in [0.1, 0.15) is 6.04 Å². The average molecular weight is 272 g/mol. The first kappa shape index (κ1) is 14.5. The van der Waals surface area contributed by atoms with Crippen LogP contribution < -0.4 is 5.32 Å². The third-order valence-electron chi connectivity index (χ3n) is 2.53. The van der Waals surface area contributed by atoms with E-state index in [1.807, 2.05) is 0 Å². The van der Waals surface area contributed by atoms with E-state index in [1.54, 1.807) is 25.1 Å². The molecule has 1 atom stereocenters. The largest absolute Gasteiger partial charge is 0.480 e. The number of amides is 1. The molecule has 18 heavy (non-hydrogen) atoms. The zero-order valence-electron chi connectivity index (χ0n) is 9.81. The fraction of sp³-hybridized carbons (Fsp3) is 0.333. The first-order valence-electron chi connectivity index (χ1n) is 5.37. The minimum atomic E-state index is -1.18. The van der Waals surface area contributed by atoms with Crippen LogP contribution in [0.25, 0.3) is 0 Å².